The van der Waals surface area contributed by atoms with Crippen LogP contribution in [0.1, 0.15) is 23.8 Å². The van der Waals surface area contributed by atoms with E-state index in [0.29, 0.717) is 18.4 Å². The van der Waals surface area contributed by atoms with Gasteiger partial charge in [-0.25, -0.2) is 8.78 Å². The SMILES string of the molecule is Cn1nccc1CCC(O)c1ccc(F)c(F)c1Br. The molecule has 1 atom stereocenters. The van der Waals surface area contributed by atoms with E-state index in [9.17, 15) is 13.9 Å². The first kappa shape index (κ1) is 14.1. The second kappa shape index (κ2) is 5.79. The molecule has 1 aromatic carbocycles. The van der Waals surface area contributed by atoms with Crippen molar-refractivity contribution < 1.29 is 13.9 Å². The van der Waals surface area contributed by atoms with Gasteiger partial charge in [-0.1, -0.05) is 6.07 Å². The molecular weight excluding hydrogens is 318 g/mol. The molecule has 0 spiro atoms. The Bertz CT molecular complexity index is 586. The van der Waals surface area contributed by atoms with Crippen molar-refractivity contribution in [3.05, 3.63) is 51.8 Å². The first-order valence-electron chi connectivity index (χ1n) is 5.79. The van der Waals surface area contributed by atoms with Crippen molar-refractivity contribution in [2.24, 2.45) is 7.05 Å². The van der Waals surface area contributed by atoms with E-state index in [4.69, 9.17) is 0 Å². The molecule has 0 aliphatic rings. The molecule has 19 heavy (non-hydrogen) atoms. The van der Waals surface area contributed by atoms with Crippen molar-refractivity contribution >= 4 is 15.9 Å². The molecule has 102 valence electrons. The Morgan fingerprint density at radius 3 is 2.74 bits per heavy atom. The number of benzene rings is 1. The minimum atomic E-state index is -0.975. The zero-order valence-electron chi connectivity index (χ0n) is 10.3. The Hall–Kier alpha value is -1.27. The summed E-state index contributed by atoms with van der Waals surface area (Å²) in [5, 5.41) is 14.1. The highest BCUT2D eigenvalue weighted by Gasteiger charge is 2.17. The van der Waals surface area contributed by atoms with Gasteiger partial charge in [0.1, 0.15) is 0 Å². The fraction of sp³-hybridized carbons (Fsp3) is 0.308. The van der Waals surface area contributed by atoms with Crippen molar-refractivity contribution in [2.45, 2.75) is 18.9 Å². The van der Waals surface area contributed by atoms with Crippen LogP contribution in [0.15, 0.2) is 28.9 Å². The summed E-state index contributed by atoms with van der Waals surface area (Å²) in [7, 11) is 1.81. The number of aliphatic hydroxyl groups is 1. The third-order valence-electron chi connectivity index (χ3n) is 3.02. The van der Waals surface area contributed by atoms with Crippen LogP contribution >= 0.6 is 15.9 Å². The van der Waals surface area contributed by atoms with E-state index in [-0.39, 0.29) is 4.47 Å². The Balaban J connectivity index is 2.10. The van der Waals surface area contributed by atoms with Gasteiger partial charge in [0.05, 0.1) is 10.6 Å². The molecule has 0 saturated heterocycles. The largest absolute Gasteiger partial charge is 0.388 e. The number of aliphatic hydroxyl groups excluding tert-OH is 1. The summed E-state index contributed by atoms with van der Waals surface area (Å²) in [5.74, 6) is -1.91. The number of aromatic nitrogens is 2. The average Bonchev–Trinajstić information content (AvgIpc) is 2.79. The highest BCUT2D eigenvalue weighted by molar-refractivity contribution is 9.10. The van der Waals surface area contributed by atoms with Gasteiger partial charge in [-0.3, -0.25) is 4.68 Å². The fourth-order valence-corrected chi connectivity index (χ4v) is 2.47. The van der Waals surface area contributed by atoms with Crippen molar-refractivity contribution in [2.75, 3.05) is 0 Å². The lowest BCUT2D eigenvalue weighted by molar-refractivity contribution is 0.165. The van der Waals surface area contributed by atoms with E-state index in [1.165, 1.54) is 6.07 Å². The topological polar surface area (TPSA) is 38.0 Å². The van der Waals surface area contributed by atoms with Gasteiger partial charge in [0.15, 0.2) is 11.6 Å². The minimum Gasteiger partial charge on any atom is -0.388 e. The van der Waals surface area contributed by atoms with Gasteiger partial charge in [-0.15, -0.1) is 0 Å². The lowest BCUT2D eigenvalue weighted by Crippen LogP contribution is -2.05. The molecule has 2 aromatic rings. The van der Waals surface area contributed by atoms with Gasteiger partial charge < -0.3 is 5.11 Å². The smallest absolute Gasteiger partial charge is 0.173 e. The molecule has 6 heteroatoms. The van der Waals surface area contributed by atoms with E-state index >= 15 is 0 Å². The molecular formula is C13H13BrF2N2O. The summed E-state index contributed by atoms with van der Waals surface area (Å²) in [4.78, 5) is 0. The normalized spacial score (nSPS) is 12.7. The average molecular weight is 331 g/mol. The standard InChI is InChI=1S/C13H13BrF2N2O/c1-18-8(6-7-17-18)2-5-11(19)9-3-4-10(15)13(16)12(9)14/h3-4,6-7,11,19H,2,5H2,1H3. The molecule has 3 nitrogen and oxygen atoms in total. The van der Waals surface area contributed by atoms with Crippen molar-refractivity contribution in [1.29, 1.82) is 0 Å². The quantitative estimate of drug-likeness (QED) is 0.874. The van der Waals surface area contributed by atoms with E-state index in [1.807, 2.05) is 13.1 Å². The predicted octanol–water partition coefficient (Wildman–Crippen LogP) is 3.13. The summed E-state index contributed by atoms with van der Waals surface area (Å²) in [6.07, 6.45) is 1.82. The van der Waals surface area contributed by atoms with Gasteiger partial charge in [0.2, 0.25) is 0 Å². The van der Waals surface area contributed by atoms with Gasteiger partial charge >= 0.3 is 0 Å². The molecule has 0 aliphatic carbocycles. The molecule has 0 fully saturated rings. The Morgan fingerprint density at radius 2 is 2.11 bits per heavy atom. The van der Waals surface area contributed by atoms with Crippen LogP contribution in [0.25, 0.3) is 0 Å². The second-order valence-electron chi connectivity index (χ2n) is 4.27. The third-order valence-corrected chi connectivity index (χ3v) is 3.83. The highest BCUT2D eigenvalue weighted by atomic mass is 79.9. The molecule has 1 unspecified atom stereocenters. The summed E-state index contributed by atoms with van der Waals surface area (Å²) < 4.78 is 28.1. The first-order valence-corrected chi connectivity index (χ1v) is 6.58. The number of nitrogens with zero attached hydrogens (tertiary/aromatic N) is 2. The lowest BCUT2D eigenvalue weighted by Gasteiger charge is -2.13. The molecule has 1 heterocycles. The zero-order chi connectivity index (χ0) is 14.0. The van der Waals surface area contributed by atoms with Crippen LogP contribution in [-0.2, 0) is 13.5 Å². The number of rotatable bonds is 4. The minimum absolute atomic E-state index is 0.0231. The van der Waals surface area contributed by atoms with Gasteiger partial charge in [0, 0.05) is 18.9 Å². The van der Waals surface area contributed by atoms with Crippen LogP contribution in [0.3, 0.4) is 0 Å². The number of hydrogen-bond donors (Lipinski definition) is 1. The molecule has 0 aliphatic heterocycles. The van der Waals surface area contributed by atoms with Crippen LogP contribution in [0.5, 0.6) is 0 Å². The third kappa shape index (κ3) is 3.01. The molecule has 1 N–H and O–H groups in total. The second-order valence-corrected chi connectivity index (χ2v) is 5.06. The Morgan fingerprint density at radius 1 is 1.37 bits per heavy atom. The maximum Gasteiger partial charge on any atom is 0.173 e. The van der Waals surface area contributed by atoms with Crippen LogP contribution in [0.2, 0.25) is 0 Å². The molecule has 1 aromatic heterocycles. The maximum absolute atomic E-state index is 13.4. The lowest BCUT2D eigenvalue weighted by atomic mass is 10.0. The zero-order valence-corrected chi connectivity index (χ0v) is 11.9. The summed E-state index contributed by atoms with van der Waals surface area (Å²) in [6, 6.07) is 4.26. The Labute approximate surface area is 118 Å². The van der Waals surface area contributed by atoms with Gasteiger partial charge in [-0.2, -0.15) is 5.10 Å². The van der Waals surface area contributed by atoms with Crippen molar-refractivity contribution in [3.8, 4) is 0 Å². The molecule has 0 saturated carbocycles. The van der Waals surface area contributed by atoms with Gasteiger partial charge in [0.25, 0.3) is 0 Å². The molecule has 0 bridgehead atoms. The maximum atomic E-state index is 13.4. The summed E-state index contributed by atoms with van der Waals surface area (Å²) in [6.45, 7) is 0. The van der Waals surface area contributed by atoms with Crippen LogP contribution in [0, 0.1) is 11.6 Å². The van der Waals surface area contributed by atoms with Crippen LogP contribution in [-0.4, -0.2) is 14.9 Å². The van der Waals surface area contributed by atoms with Crippen LogP contribution in [0.4, 0.5) is 8.78 Å². The number of aryl methyl sites for hydroxylation is 2. The fourth-order valence-electron chi connectivity index (χ4n) is 1.88. The first-order chi connectivity index (χ1) is 9.00. The van der Waals surface area contributed by atoms with E-state index < -0.39 is 17.7 Å². The van der Waals surface area contributed by atoms with E-state index in [2.05, 4.69) is 21.0 Å². The molecule has 2 rings (SSSR count). The molecule has 0 amide bonds. The summed E-state index contributed by atoms with van der Waals surface area (Å²) >= 11 is 2.97. The number of hydrogen-bond acceptors (Lipinski definition) is 2. The highest BCUT2D eigenvalue weighted by Crippen LogP contribution is 2.30. The van der Waals surface area contributed by atoms with E-state index in [0.717, 1.165) is 11.8 Å². The van der Waals surface area contributed by atoms with Gasteiger partial charge in [-0.05, 0) is 46.5 Å². The summed E-state index contributed by atoms with van der Waals surface area (Å²) in [5.41, 5.74) is 1.32. The Kier molecular flexibility index (Phi) is 4.31. The van der Waals surface area contributed by atoms with Crippen LogP contribution < -0.4 is 0 Å². The molecule has 0 radical (unpaired) electrons. The predicted molar refractivity (Wildman–Crippen MR) is 70.5 cm³/mol. The monoisotopic (exact) mass is 330 g/mol. The van der Waals surface area contributed by atoms with Crippen molar-refractivity contribution in [1.82, 2.24) is 9.78 Å². The van der Waals surface area contributed by atoms with Crippen molar-refractivity contribution in [3.63, 3.8) is 0 Å². The number of halogens is 3. The van der Waals surface area contributed by atoms with E-state index in [1.54, 1.807) is 10.9 Å².